The highest BCUT2D eigenvalue weighted by molar-refractivity contribution is 7.85. The zero-order chi connectivity index (χ0) is 8.91. The zero-order valence-electron chi connectivity index (χ0n) is 6.11. The summed E-state index contributed by atoms with van der Waals surface area (Å²) < 4.78 is 32.3. The van der Waals surface area contributed by atoms with Crippen molar-refractivity contribution in [3.8, 4) is 0 Å². The van der Waals surface area contributed by atoms with Gasteiger partial charge in [0.25, 0.3) is 0 Å². The Hall–Kier alpha value is 0.146. The third kappa shape index (κ3) is 10.1. The monoisotopic (exact) mass is 208 g/mol. The van der Waals surface area contributed by atoms with Crippen molar-refractivity contribution in [3.63, 3.8) is 0 Å². The maximum absolute atomic E-state index is 10.5. The molecule has 0 atom stereocenters. The summed E-state index contributed by atoms with van der Waals surface area (Å²) in [7, 11) is -4.18. The van der Waals surface area contributed by atoms with Crippen molar-refractivity contribution in [2.75, 3.05) is 5.94 Å². The van der Waals surface area contributed by atoms with Crippen LogP contribution in [0.5, 0.6) is 0 Å². The Bertz CT molecular complexity index is 222. The van der Waals surface area contributed by atoms with Crippen LogP contribution < -0.4 is 0 Å². The standard InChI is InChI=1S/C5H10O5S.Mg.2H/c1-2-3-5(6)10-4-11(7,8)9;;;/h2-4H2,1H3,(H,7,8,9);;;. The molecule has 0 aromatic rings. The first-order valence-corrected chi connectivity index (χ1v) is 4.67. The normalized spacial score (nSPS) is 10.2. The Labute approximate surface area is 87.4 Å². The molecule has 0 saturated heterocycles. The van der Waals surface area contributed by atoms with Gasteiger partial charge in [-0.3, -0.25) is 9.35 Å². The summed E-state index contributed by atoms with van der Waals surface area (Å²) in [5.41, 5.74) is 0. The SMILES string of the molecule is CCCC(=O)OCS(=O)(=O)O.[MgH2]. The molecule has 0 aromatic heterocycles. The molecule has 0 heterocycles. The molecular weight excluding hydrogens is 196 g/mol. The first-order chi connectivity index (χ1) is 4.95. The van der Waals surface area contributed by atoms with Gasteiger partial charge in [-0.25, -0.2) is 0 Å². The van der Waals surface area contributed by atoms with Gasteiger partial charge in [0.1, 0.15) is 0 Å². The maximum atomic E-state index is 10.5. The van der Waals surface area contributed by atoms with Crippen molar-refractivity contribution in [1.29, 1.82) is 0 Å². The summed E-state index contributed by atoms with van der Waals surface area (Å²) in [5, 5.41) is 0. The molecule has 0 rings (SSSR count). The summed E-state index contributed by atoms with van der Waals surface area (Å²) >= 11 is 0. The Kier molecular flexibility index (Phi) is 8.11. The molecule has 0 fully saturated rings. The average Bonchev–Trinajstić information content (AvgIpc) is 1.83. The smallest absolute Gasteiger partial charge is 0.316 e. The topological polar surface area (TPSA) is 80.7 Å². The van der Waals surface area contributed by atoms with Crippen LogP contribution in [0.3, 0.4) is 0 Å². The number of rotatable bonds is 4. The predicted octanol–water partition coefficient (Wildman–Crippen LogP) is -0.741. The molecule has 0 aliphatic carbocycles. The number of esters is 1. The molecule has 12 heavy (non-hydrogen) atoms. The third-order valence-corrected chi connectivity index (χ3v) is 1.24. The molecule has 0 radical (unpaired) electrons. The van der Waals surface area contributed by atoms with E-state index in [4.69, 9.17) is 4.55 Å². The second kappa shape index (κ2) is 6.64. The summed E-state index contributed by atoms with van der Waals surface area (Å²) in [4.78, 5) is 10.5. The maximum Gasteiger partial charge on any atom is 0.316 e. The Balaban J connectivity index is 0. The van der Waals surface area contributed by atoms with E-state index in [0.717, 1.165) is 0 Å². The van der Waals surface area contributed by atoms with Crippen LogP contribution in [0.25, 0.3) is 0 Å². The van der Waals surface area contributed by atoms with Gasteiger partial charge in [0, 0.05) is 6.42 Å². The second-order valence-corrected chi connectivity index (χ2v) is 3.37. The van der Waals surface area contributed by atoms with Gasteiger partial charge in [-0.1, -0.05) is 6.92 Å². The van der Waals surface area contributed by atoms with E-state index < -0.39 is 22.0 Å². The van der Waals surface area contributed by atoms with Crippen LogP contribution in [0.1, 0.15) is 19.8 Å². The van der Waals surface area contributed by atoms with Crippen molar-refractivity contribution >= 4 is 39.1 Å². The molecule has 1 N–H and O–H groups in total. The van der Waals surface area contributed by atoms with E-state index in [1.54, 1.807) is 6.92 Å². The lowest BCUT2D eigenvalue weighted by Gasteiger charge is -1.99. The van der Waals surface area contributed by atoms with E-state index in [1.165, 1.54) is 0 Å². The van der Waals surface area contributed by atoms with Crippen LogP contribution in [0, 0.1) is 0 Å². The fourth-order valence-electron chi connectivity index (χ4n) is 0.416. The van der Waals surface area contributed by atoms with Crippen molar-refractivity contribution in [2.24, 2.45) is 0 Å². The van der Waals surface area contributed by atoms with Gasteiger partial charge in [0.15, 0.2) is 0 Å². The van der Waals surface area contributed by atoms with Crippen LogP contribution in [-0.4, -0.2) is 47.9 Å². The summed E-state index contributed by atoms with van der Waals surface area (Å²) in [5.74, 6) is -1.57. The predicted molar refractivity (Wildman–Crippen MR) is 46.0 cm³/mol. The van der Waals surface area contributed by atoms with Crippen molar-refractivity contribution in [2.45, 2.75) is 19.8 Å². The van der Waals surface area contributed by atoms with Crippen molar-refractivity contribution < 1.29 is 22.5 Å². The minimum absolute atomic E-state index is 0. The molecular formula is C5H12MgO5S. The molecule has 0 spiro atoms. The number of carbonyl (C=O) groups is 1. The second-order valence-electron chi connectivity index (χ2n) is 1.97. The molecule has 7 heteroatoms. The quantitative estimate of drug-likeness (QED) is 0.374. The highest BCUT2D eigenvalue weighted by Gasteiger charge is 2.08. The Morgan fingerprint density at radius 3 is 2.33 bits per heavy atom. The molecule has 0 aliphatic heterocycles. The van der Waals surface area contributed by atoms with E-state index in [0.29, 0.717) is 6.42 Å². The highest BCUT2D eigenvalue weighted by Crippen LogP contribution is 1.92. The summed E-state index contributed by atoms with van der Waals surface area (Å²) in [6, 6.07) is 0. The Morgan fingerprint density at radius 2 is 2.00 bits per heavy atom. The Morgan fingerprint density at radius 1 is 1.50 bits per heavy atom. The number of hydrogen-bond donors (Lipinski definition) is 1. The number of hydrogen-bond acceptors (Lipinski definition) is 4. The van der Waals surface area contributed by atoms with Crippen LogP contribution in [0.4, 0.5) is 0 Å². The lowest BCUT2D eigenvalue weighted by molar-refractivity contribution is -0.141. The van der Waals surface area contributed by atoms with Crippen LogP contribution in [0.15, 0.2) is 0 Å². The average molecular weight is 209 g/mol. The van der Waals surface area contributed by atoms with E-state index in [-0.39, 0.29) is 29.5 Å². The fraction of sp³-hybridized carbons (Fsp3) is 0.800. The first kappa shape index (κ1) is 14.7. The lowest BCUT2D eigenvalue weighted by Crippen LogP contribution is -2.12. The highest BCUT2D eigenvalue weighted by atomic mass is 32.2. The first-order valence-electron chi connectivity index (χ1n) is 3.06. The molecule has 0 bridgehead atoms. The summed E-state index contributed by atoms with van der Waals surface area (Å²) in [6.07, 6.45) is 0.750. The lowest BCUT2D eigenvalue weighted by atomic mass is 10.3. The molecule has 0 unspecified atom stereocenters. The van der Waals surface area contributed by atoms with Crippen LogP contribution in [-0.2, 0) is 19.6 Å². The van der Waals surface area contributed by atoms with E-state index in [2.05, 4.69) is 4.74 Å². The molecule has 5 nitrogen and oxygen atoms in total. The fourth-order valence-corrected chi connectivity index (χ4v) is 0.697. The van der Waals surface area contributed by atoms with E-state index in [9.17, 15) is 13.2 Å². The van der Waals surface area contributed by atoms with E-state index >= 15 is 0 Å². The number of ether oxygens (including phenoxy) is 1. The van der Waals surface area contributed by atoms with E-state index in [1.807, 2.05) is 0 Å². The van der Waals surface area contributed by atoms with Gasteiger partial charge < -0.3 is 4.74 Å². The van der Waals surface area contributed by atoms with Gasteiger partial charge >= 0.3 is 39.1 Å². The third-order valence-electron chi connectivity index (χ3n) is 0.823. The molecule has 0 aromatic carbocycles. The van der Waals surface area contributed by atoms with Gasteiger partial charge in [-0.2, -0.15) is 8.42 Å². The van der Waals surface area contributed by atoms with Crippen LogP contribution in [0.2, 0.25) is 0 Å². The number of carbonyl (C=O) groups excluding carboxylic acids is 1. The van der Waals surface area contributed by atoms with Crippen molar-refractivity contribution in [1.82, 2.24) is 0 Å². The zero-order valence-corrected chi connectivity index (χ0v) is 6.93. The van der Waals surface area contributed by atoms with Crippen molar-refractivity contribution in [3.05, 3.63) is 0 Å². The summed E-state index contributed by atoms with van der Waals surface area (Å²) in [6.45, 7) is 1.76. The largest absolute Gasteiger partial charge is 0.447 e. The van der Waals surface area contributed by atoms with Gasteiger partial charge in [0.05, 0.1) is 0 Å². The molecule has 0 aliphatic rings. The molecule has 0 saturated carbocycles. The minimum atomic E-state index is -4.18. The molecule has 0 amide bonds. The van der Waals surface area contributed by atoms with Crippen LogP contribution >= 0.6 is 0 Å². The van der Waals surface area contributed by atoms with Gasteiger partial charge in [-0.05, 0) is 6.42 Å². The molecule has 70 valence electrons. The minimum Gasteiger partial charge on any atom is -0.447 e. The van der Waals surface area contributed by atoms with Gasteiger partial charge in [-0.15, -0.1) is 0 Å². The van der Waals surface area contributed by atoms with Gasteiger partial charge in [0.2, 0.25) is 5.94 Å².